The van der Waals surface area contributed by atoms with Gasteiger partial charge in [-0.2, -0.15) is 4.98 Å². The summed E-state index contributed by atoms with van der Waals surface area (Å²) in [6.07, 6.45) is 4.73. The molecule has 0 aliphatic carbocycles. The highest BCUT2D eigenvalue weighted by molar-refractivity contribution is 5.92. The van der Waals surface area contributed by atoms with Gasteiger partial charge in [0.1, 0.15) is 12.0 Å². The molecule has 3 rings (SSSR count). The van der Waals surface area contributed by atoms with Crippen LogP contribution in [0.3, 0.4) is 0 Å². The Bertz CT molecular complexity index is 621. The molecule has 2 aromatic rings. The van der Waals surface area contributed by atoms with Crippen LogP contribution in [0.15, 0.2) is 23.1 Å². The predicted molar refractivity (Wildman–Crippen MR) is 76.8 cm³/mol. The van der Waals surface area contributed by atoms with E-state index in [9.17, 15) is 4.79 Å². The molecule has 1 aliphatic heterocycles. The second-order valence-electron chi connectivity index (χ2n) is 5.35. The SMILES string of the molecule is Cc1noc(CN2CCC(NC(=O)c3ccncn3)CC2)n1. The first kappa shape index (κ1) is 14.6. The van der Waals surface area contributed by atoms with Crippen molar-refractivity contribution in [1.29, 1.82) is 0 Å². The molecule has 0 atom stereocenters. The van der Waals surface area contributed by atoms with Gasteiger partial charge in [-0.15, -0.1) is 0 Å². The van der Waals surface area contributed by atoms with Crippen molar-refractivity contribution in [3.8, 4) is 0 Å². The van der Waals surface area contributed by atoms with Crippen LogP contribution in [-0.4, -0.2) is 50.0 Å². The molecular weight excluding hydrogens is 284 g/mol. The Morgan fingerprint density at radius 2 is 2.27 bits per heavy atom. The van der Waals surface area contributed by atoms with E-state index in [0.29, 0.717) is 24.0 Å². The van der Waals surface area contributed by atoms with E-state index in [0.717, 1.165) is 25.9 Å². The second-order valence-corrected chi connectivity index (χ2v) is 5.35. The molecule has 1 N–H and O–H groups in total. The Morgan fingerprint density at radius 3 is 2.91 bits per heavy atom. The van der Waals surface area contributed by atoms with Gasteiger partial charge in [-0.3, -0.25) is 9.69 Å². The number of nitrogens with one attached hydrogen (secondary N) is 1. The minimum Gasteiger partial charge on any atom is -0.348 e. The van der Waals surface area contributed by atoms with Gasteiger partial charge in [-0.25, -0.2) is 9.97 Å². The van der Waals surface area contributed by atoms with E-state index in [4.69, 9.17) is 4.52 Å². The Labute approximate surface area is 127 Å². The third kappa shape index (κ3) is 3.64. The fourth-order valence-electron chi connectivity index (χ4n) is 2.52. The Kier molecular flexibility index (Phi) is 4.38. The summed E-state index contributed by atoms with van der Waals surface area (Å²) in [7, 11) is 0. The van der Waals surface area contributed by atoms with E-state index in [-0.39, 0.29) is 11.9 Å². The first-order chi connectivity index (χ1) is 10.7. The number of nitrogens with zero attached hydrogens (tertiary/aromatic N) is 5. The number of carbonyl (C=O) groups is 1. The average molecular weight is 302 g/mol. The van der Waals surface area contributed by atoms with Crippen LogP contribution < -0.4 is 5.32 Å². The molecule has 0 spiro atoms. The molecule has 1 saturated heterocycles. The minimum atomic E-state index is -0.145. The lowest BCUT2D eigenvalue weighted by atomic mass is 10.0. The fourth-order valence-corrected chi connectivity index (χ4v) is 2.52. The summed E-state index contributed by atoms with van der Waals surface area (Å²) in [6.45, 7) is 4.24. The summed E-state index contributed by atoms with van der Waals surface area (Å²) >= 11 is 0. The van der Waals surface area contributed by atoms with Crippen LogP contribution in [-0.2, 0) is 6.54 Å². The maximum atomic E-state index is 12.0. The van der Waals surface area contributed by atoms with Crippen LogP contribution in [0.5, 0.6) is 0 Å². The highest BCUT2D eigenvalue weighted by Crippen LogP contribution is 2.13. The Hall–Kier alpha value is -2.35. The lowest BCUT2D eigenvalue weighted by molar-refractivity contribution is 0.0899. The van der Waals surface area contributed by atoms with Gasteiger partial charge < -0.3 is 9.84 Å². The number of aryl methyl sites for hydroxylation is 1. The molecule has 0 aromatic carbocycles. The summed E-state index contributed by atoms with van der Waals surface area (Å²) in [5.74, 6) is 1.15. The van der Waals surface area contributed by atoms with Crippen LogP contribution in [0.25, 0.3) is 0 Å². The largest absolute Gasteiger partial charge is 0.348 e. The van der Waals surface area contributed by atoms with Crippen LogP contribution in [0, 0.1) is 6.92 Å². The maximum absolute atomic E-state index is 12.0. The van der Waals surface area contributed by atoms with Gasteiger partial charge >= 0.3 is 0 Å². The number of amides is 1. The van der Waals surface area contributed by atoms with Crippen LogP contribution >= 0.6 is 0 Å². The molecule has 1 amide bonds. The third-order valence-corrected chi connectivity index (χ3v) is 3.67. The average Bonchev–Trinajstić information content (AvgIpc) is 2.95. The zero-order valence-corrected chi connectivity index (χ0v) is 12.4. The number of hydrogen-bond acceptors (Lipinski definition) is 7. The zero-order chi connectivity index (χ0) is 15.4. The second kappa shape index (κ2) is 6.61. The standard InChI is InChI=1S/C14H18N6O2/c1-10-17-13(22-19-10)8-20-6-3-11(4-7-20)18-14(21)12-2-5-15-9-16-12/h2,5,9,11H,3-4,6-8H2,1H3,(H,18,21). The molecule has 0 bridgehead atoms. The number of rotatable bonds is 4. The van der Waals surface area contributed by atoms with E-state index in [2.05, 4.69) is 30.3 Å². The number of likely N-dealkylation sites (tertiary alicyclic amines) is 1. The van der Waals surface area contributed by atoms with Crippen molar-refractivity contribution in [3.05, 3.63) is 36.0 Å². The van der Waals surface area contributed by atoms with Crippen LogP contribution in [0.4, 0.5) is 0 Å². The molecule has 2 aromatic heterocycles. The molecule has 8 nitrogen and oxygen atoms in total. The zero-order valence-electron chi connectivity index (χ0n) is 12.4. The monoisotopic (exact) mass is 302 g/mol. The molecule has 3 heterocycles. The molecule has 116 valence electrons. The van der Waals surface area contributed by atoms with Gasteiger partial charge in [0, 0.05) is 25.3 Å². The summed E-state index contributed by atoms with van der Waals surface area (Å²) < 4.78 is 5.13. The quantitative estimate of drug-likeness (QED) is 0.881. The van der Waals surface area contributed by atoms with Gasteiger partial charge in [0.25, 0.3) is 5.91 Å². The topological polar surface area (TPSA) is 97.0 Å². The van der Waals surface area contributed by atoms with Crippen molar-refractivity contribution in [2.45, 2.75) is 32.4 Å². The first-order valence-corrected chi connectivity index (χ1v) is 7.29. The van der Waals surface area contributed by atoms with Gasteiger partial charge in [0.15, 0.2) is 5.82 Å². The fraction of sp³-hybridized carbons (Fsp3) is 0.500. The van der Waals surface area contributed by atoms with Crippen molar-refractivity contribution in [2.75, 3.05) is 13.1 Å². The van der Waals surface area contributed by atoms with Crippen molar-refractivity contribution in [2.24, 2.45) is 0 Å². The van der Waals surface area contributed by atoms with Gasteiger partial charge in [0.05, 0.1) is 6.54 Å². The number of aromatic nitrogens is 4. The smallest absolute Gasteiger partial charge is 0.270 e. The third-order valence-electron chi connectivity index (χ3n) is 3.67. The normalized spacial score (nSPS) is 16.6. The Balaban J connectivity index is 1.46. The molecule has 0 unspecified atom stereocenters. The maximum Gasteiger partial charge on any atom is 0.270 e. The Morgan fingerprint density at radius 1 is 1.45 bits per heavy atom. The summed E-state index contributed by atoms with van der Waals surface area (Å²) in [5, 5.41) is 6.80. The lowest BCUT2D eigenvalue weighted by Gasteiger charge is -2.31. The van der Waals surface area contributed by atoms with E-state index in [1.807, 2.05) is 6.92 Å². The number of hydrogen-bond donors (Lipinski definition) is 1. The number of carbonyl (C=O) groups excluding carboxylic acids is 1. The van der Waals surface area contributed by atoms with Crippen molar-refractivity contribution in [3.63, 3.8) is 0 Å². The van der Waals surface area contributed by atoms with Gasteiger partial charge in [0.2, 0.25) is 5.89 Å². The molecular formula is C14H18N6O2. The number of piperidine rings is 1. The molecule has 22 heavy (non-hydrogen) atoms. The van der Waals surface area contributed by atoms with Gasteiger partial charge in [-0.05, 0) is 25.8 Å². The summed E-state index contributed by atoms with van der Waals surface area (Å²) in [5.41, 5.74) is 0.402. The van der Waals surface area contributed by atoms with E-state index < -0.39 is 0 Å². The lowest BCUT2D eigenvalue weighted by Crippen LogP contribution is -2.44. The van der Waals surface area contributed by atoms with E-state index in [1.165, 1.54) is 6.33 Å². The van der Waals surface area contributed by atoms with Crippen LogP contribution in [0.1, 0.15) is 35.0 Å². The first-order valence-electron chi connectivity index (χ1n) is 7.29. The van der Waals surface area contributed by atoms with E-state index >= 15 is 0 Å². The molecule has 8 heteroatoms. The minimum absolute atomic E-state index is 0.145. The summed E-state index contributed by atoms with van der Waals surface area (Å²) in [6, 6.07) is 1.78. The van der Waals surface area contributed by atoms with Crippen molar-refractivity contribution in [1.82, 2.24) is 30.3 Å². The molecule has 0 radical (unpaired) electrons. The van der Waals surface area contributed by atoms with Gasteiger partial charge in [-0.1, -0.05) is 5.16 Å². The molecule has 0 saturated carbocycles. The van der Waals surface area contributed by atoms with Crippen molar-refractivity contribution < 1.29 is 9.32 Å². The highest BCUT2D eigenvalue weighted by Gasteiger charge is 2.22. The van der Waals surface area contributed by atoms with Crippen molar-refractivity contribution >= 4 is 5.91 Å². The molecule has 1 fully saturated rings. The van der Waals surface area contributed by atoms with Crippen LogP contribution in [0.2, 0.25) is 0 Å². The summed E-state index contributed by atoms with van der Waals surface area (Å²) in [4.78, 5) is 26.3. The highest BCUT2D eigenvalue weighted by atomic mass is 16.5. The predicted octanol–water partition coefficient (Wildman–Crippen LogP) is 0.562. The molecule has 1 aliphatic rings. The van der Waals surface area contributed by atoms with E-state index in [1.54, 1.807) is 12.3 Å².